The topological polar surface area (TPSA) is 175 Å². The Morgan fingerprint density at radius 1 is 0.475 bits per heavy atom. The summed E-state index contributed by atoms with van der Waals surface area (Å²) in [5.74, 6) is -1.20. The van der Waals surface area contributed by atoms with E-state index >= 15 is 0 Å². The lowest BCUT2D eigenvalue weighted by Crippen LogP contribution is -2.61. The molecule has 8 atom stereocenters. The molecule has 1 aliphatic rings. The number of rotatable bonds is 60. The number of carbonyl (C=O) groups is 2. The molecular weight excluding hydrogens is 1000 g/mol. The number of allylic oxidation sites excluding steroid dienone is 3. The molecule has 8 unspecified atom stereocenters. The first-order chi connectivity index (χ1) is 39.2. The highest BCUT2D eigenvalue weighted by atomic mass is 16.7. The summed E-state index contributed by atoms with van der Waals surface area (Å²) in [7, 11) is 0. The van der Waals surface area contributed by atoms with E-state index in [1.54, 1.807) is 6.08 Å². The Hall–Kier alpha value is -1.86. The van der Waals surface area contributed by atoms with Crippen LogP contribution in [0.25, 0.3) is 0 Å². The maximum absolute atomic E-state index is 13.5. The van der Waals surface area contributed by atoms with Crippen molar-refractivity contribution in [3.05, 3.63) is 24.3 Å². The van der Waals surface area contributed by atoms with Crippen LogP contribution in [0.2, 0.25) is 0 Å². The second kappa shape index (κ2) is 57.6. The summed E-state index contributed by atoms with van der Waals surface area (Å²) in [6.07, 6.45) is 58.1. The fraction of sp³-hybridized carbons (Fsp3) is 0.913. The van der Waals surface area contributed by atoms with Crippen LogP contribution in [0.3, 0.4) is 0 Å². The average Bonchev–Trinajstić information content (AvgIpc) is 3.45. The number of hydrogen-bond acceptors (Lipinski definition) is 10. The summed E-state index contributed by atoms with van der Waals surface area (Å²) in [5, 5.41) is 57.1. The van der Waals surface area contributed by atoms with Gasteiger partial charge in [-0.2, -0.15) is 0 Å². The Balaban J connectivity index is 2.54. The van der Waals surface area contributed by atoms with Crippen LogP contribution in [0.1, 0.15) is 342 Å². The molecule has 1 heterocycles. The highest BCUT2D eigenvalue weighted by molar-refractivity contribution is 5.80. The van der Waals surface area contributed by atoms with Crippen LogP contribution in [0.15, 0.2) is 24.3 Å². The van der Waals surface area contributed by atoms with Crippen LogP contribution in [0.5, 0.6) is 0 Å². The first-order valence-electron chi connectivity index (χ1n) is 34.6. The zero-order valence-corrected chi connectivity index (χ0v) is 52.5. The SMILES string of the molecule is CCCCCCCC/C=C\CCCCCC(=O)OC1C(OCC(NC(=O)C(O)CCCCCCCCCCCCCCCCCCCCCCCCCCCC)C(O)/C=C/CCCCCCCCCCCC)OC(CO)C(O)C1O. The number of unbranched alkanes of at least 4 members (excludes halogenated alkanes) is 44. The van der Waals surface area contributed by atoms with Crippen molar-refractivity contribution in [1.29, 1.82) is 0 Å². The van der Waals surface area contributed by atoms with E-state index in [1.807, 2.05) is 6.08 Å². The second-order valence-corrected chi connectivity index (χ2v) is 24.3. The van der Waals surface area contributed by atoms with Gasteiger partial charge < -0.3 is 45.1 Å². The van der Waals surface area contributed by atoms with Gasteiger partial charge in [-0.25, -0.2) is 0 Å². The Labute approximate surface area is 492 Å². The standard InChI is InChI=1S/C69H131NO10/c1-4-7-10-13-16-19-22-25-26-27-28-29-30-31-32-33-34-35-36-37-39-41-44-47-50-53-56-62(73)68(77)70-60(61(72)55-52-49-46-43-40-24-21-18-15-12-9-6-3)59-78-69-67(66(76)65(75)63(58-71)79-69)80-64(74)57-54-51-48-45-42-38-23-20-17-14-11-8-5-2/h38,42,52,55,60-63,65-67,69,71-73,75-76H,4-37,39-41,43-51,53-54,56-59H2,1-3H3,(H,70,77)/b42-38-,55-52+. The largest absolute Gasteiger partial charge is 0.454 e. The lowest BCUT2D eigenvalue weighted by Gasteiger charge is -2.41. The maximum atomic E-state index is 13.5. The van der Waals surface area contributed by atoms with E-state index in [1.165, 1.54) is 231 Å². The van der Waals surface area contributed by atoms with Crippen molar-refractivity contribution in [2.45, 2.75) is 391 Å². The molecule has 0 aliphatic carbocycles. The Kier molecular flexibility index (Phi) is 54.8. The molecule has 0 radical (unpaired) electrons. The highest BCUT2D eigenvalue weighted by Crippen LogP contribution is 2.26. The summed E-state index contributed by atoms with van der Waals surface area (Å²) < 4.78 is 17.6. The van der Waals surface area contributed by atoms with Crippen LogP contribution < -0.4 is 5.32 Å². The predicted molar refractivity (Wildman–Crippen MR) is 334 cm³/mol. The summed E-state index contributed by atoms with van der Waals surface area (Å²) in [4.78, 5) is 26.6. The van der Waals surface area contributed by atoms with Gasteiger partial charge in [0.25, 0.3) is 0 Å². The van der Waals surface area contributed by atoms with Crippen LogP contribution >= 0.6 is 0 Å². The van der Waals surface area contributed by atoms with E-state index in [2.05, 4.69) is 38.2 Å². The minimum atomic E-state index is -1.62. The number of amides is 1. The number of hydrogen-bond donors (Lipinski definition) is 6. The molecular formula is C69H131NO10. The number of esters is 1. The molecule has 6 N–H and O–H groups in total. The van der Waals surface area contributed by atoms with E-state index in [9.17, 15) is 35.1 Å². The highest BCUT2D eigenvalue weighted by Gasteiger charge is 2.47. The predicted octanol–water partition coefficient (Wildman–Crippen LogP) is 17.2. The third-order valence-electron chi connectivity index (χ3n) is 16.6. The Bertz CT molecular complexity index is 1400. The minimum absolute atomic E-state index is 0.107. The fourth-order valence-electron chi connectivity index (χ4n) is 11.1. The summed E-state index contributed by atoms with van der Waals surface area (Å²) in [5.41, 5.74) is 0. The molecule has 0 saturated carbocycles. The molecule has 1 rings (SSSR count). The van der Waals surface area contributed by atoms with Gasteiger partial charge in [0.05, 0.1) is 25.4 Å². The molecule has 0 spiro atoms. The van der Waals surface area contributed by atoms with E-state index in [0.717, 1.165) is 64.2 Å². The maximum Gasteiger partial charge on any atom is 0.306 e. The number of ether oxygens (including phenoxy) is 3. The van der Waals surface area contributed by atoms with Crippen LogP contribution in [-0.4, -0.2) is 99.6 Å². The van der Waals surface area contributed by atoms with Crippen LogP contribution in [0, 0.1) is 0 Å². The van der Waals surface area contributed by atoms with Gasteiger partial charge in [-0.1, -0.05) is 308 Å². The second-order valence-electron chi connectivity index (χ2n) is 24.3. The Morgan fingerprint density at radius 3 is 1.21 bits per heavy atom. The molecule has 1 saturated heterocycles. The summed E-state index contributed by atoms with van der Waals surface area (Å²) in [6.45, 7) is 5.81. The molecule has 11 nitrogen and oxygen atoms in total. The lowest BCUT2D eigenvalue weighted by atomic mass is 9.99. The minimum Gasteiger partial charge on any atom is -0.454 e. The van der Waals surface area contributed by atoms with Crippen molar-refractivity contribution < 1.29 is 49.3 Å². The van der Waals surface area contributed by atoms with E-state index < -0.39 is 67.4 Å². The monoisotopic (exact) mass is 1130 g/mol. The van der Waals surface area contributed by atoms with E-state index in [-0.39, 0.29) is 13.0 Å². The first-order valence-corrected chi connectivity index (χ1v) is 34.6. The molecule has 0 aromatic heterocycles. The first kappa shape index (κ1) is 76.2. The summed E-state index contributed by atoms with van der Waals surface area (Å²) in [6, 6.07) is -1.02. The number of aliphatic hydroxyl groups is 5. The summed E-state index contributed by atoms with van der Waals surface area (Å²) >= 11 is 0. The fourth-order valence-corrected chi connectivity index (χ4v) is 11.1. The van der Waals surface area contributed by atoms with Gasteiger partial charge in [-0.05, 0) is 51.4 Å². The van der Waals surface area contributed by atoms with Crippen molar-refractivity contribution in [2.24, 2.45) is 0 Å². The zero-order chi connectivity index (χ0) is 58.2. The van der Waals surface area contributed by atoms with E-state index in [4.69, 9.17) is 14.2 Å². The van der Waals surface area contributed by atoms with Crippen molar-refractivity contribution >= 4 is 11.9 Å². The van der Waals surface area contributed by atoms with Gasteiger partial charge in [0.15, 0.2) is 12.4 Å². The quantitative estimate of drug-likeness (QED) is 0.0195. The third kappa shape index (κ3) is 44.6. The van der Waals surface area contributed by atoms with E-state index in [0.29, 0.717) is 19.3 Å². The molecule has 0 aromatic carbocycles. The third-order valence-corrected chi connectivity index (χ3v) is 16.6. The molecule has 1 aliphatic heterocycles. The molecule has 80 heavy (non-hydrogen) atoms. The average molecular weight is 1130 g/mol. The van der Waals surface area contributed by atoms with Crippen molar-refractivity contribution in [3.63, 3.8) is 0 Å². The Morgan fingerprint density at radius 2 is 0.825 bits per heavy atom. The normalized spacial score (nSPS) is 18.8. The van der Waals surface area contributed by atoms with Gasteiger partial charge in [-0.15, -0.1) is 0 Å². The van der Waals surface area contributed by atoms with Gasteiger partial charge in [0.2, 0.25) is 5.91 Å². The van der Waals surface area contributed by atoms with Crippen LogP contribution in [-0.2, 0) is 23.8 Å². The van der Waals surface area contributed by atoms with Gasteiger partial charge in [-0.3, -0.25) is 9.59 Å². The smallest absolute Gasteiger partial charge is 0.306 e. The molecule has 472 valence electrons. The zero-order valence-electron chi connectivity index (χ0n) is 52.5. The molecule has 1 amide bonds. The van der Waals surface area contributed by atoms with Crippen molar-refractivity contribution in [1.82, 2.24) is 5.32 Å². The van der Waals surface area contributed by atoms with Crippen molar-refractivity contribution in [3.8, 4) is 0 Å². The van der Waals surface area contributed by atoms with Crippen LogP contribution in [0.4, 0.5) is 0 Å². The number of carbonyl (C=O) groups excluding carboxylic acids is 2. The molecule has 1 fully saturated rings. The number of aliphatic hydroxyl groups excluding tert-OH is 5. The van der Waals surface area contributed by atoms with Gasteiger partial charge in [0, 0.05) is 6.42 Å². The molecule has 0 aromatic rings. The lowest BCUT2D eigenvalue weighted by molar-refractivity contribution is -0.305. The number of nitrogens with one attached hydrogen (secondary N) is 1. The molecule has 0 bridgehead atoms. The van der Waals surface area contributed by atoms with Gasteiger partial charge in [0.1, 0.15) is 24.4 Å². The van der Waals surface area contributed by atoms with Crippen molar-refractivity contribution in [2.75, 3.05) is 13.2 Å². The molecule has 11 heteroatoms. The van der Waals surface area contributed by atoms with Gasteiger partial charge >= 0.3 is 5.97 Å².